The van der Waals surface area contributed by atoms with Gasteiger partial charge in [0.05, 0.1) is 13.7 Å². The summed E-state index contributed by atoms with van der Waals surface area (Å²) in [7, 11) is 1.61. The first kappa shape index (κ1) is 17.6. The van der Waals surface area contributed by atoms with E-state index >= 15 is 0 Å². The maximum Gasteiger partial charge on any atom is 0.325 e. The molecule has 0 radical (unpaired) electrons. The van der Waals surface area contributed by atoms with Gasteiger partial charge in [-0.3, -0.25) is 9.69 Å². The molecule has 2 aliphatic rings. The summed E-state index contributed by atoms with van der Waals surface area (Å²) in [6.07, 6.45) is 5.56. The highest BCUT2D eigenvalue weighted by Crippen LogP contribution is 2.33. The van der Waals surface area contributed by atoms with Crippen LogP contribution in [0.15, 0.2) is 34.9 Å². The topological polar surface area (TPSA) is 84.7 Å². The minimum absolute atomic E-state index is 0.0928. The standard InChI is InChI=1S/C20H23N3O4/c1-26-15-8-6-14(7-9-15)17-12-16(27-22-17)13-23-18(24)20(21-19(23)25)10-4-2-3-5-11-20/h6-9,12H,2-5,10-11,13H2,1H3,(H,21,25). The minimum Gasteiger partial charge on any atom is -0.497 e. The molecule has 0 bridgehead atoms. The number of carbonyl (C=O) groups is 2. The number of nitrogens with zero attached hydrogens (tertiary/aromatic N) is 2. The number of carbonyl (C=O) groups excluding carboxylic acids is 2. The lowest BCUT2D eigenvalue weighted by molar-refractivity contribution is -0.132. The Hall–Kier alpha value is -2.83. The molecule has 1 aliphatic carbocycles. The summed E-state index contributed by atoms with van der Waals surface area (Å²) in [6.45, 7) is 0.0928. The van der Waals surface area contributed by atoms with Crippen molar-refractivity contribution in [3.05, 3.63) is 36.1 Å². The molecule has 27 heavy (non-hydrogen) atoms. The van der Waals surface area contributed by atoms with Gasteiger partial charge in [0, 0.05) is 11.6 Å². The van der Waals surface area contributed by atoms with Gasteiger partial charge in [-0.05, 0) is 37.1 Å². The average molecular weight is 369 g/mol. The SMILES string of the molecule is COc1ccc(-c2cc(CN3C(=O)NC4(CCCCCC4)C3=O)on2)cc1. The third kappa shape index (κ3) is 3.29. The molecule has 3 amide bonds. The van der Waals surface area contributed by atoms with Gasteiger partial charge in [0.25, 0.3) is 5.91 Å². The molecule has 4 rings (SSSR count). The van der Waals surface area contributed by atoms with Crippen LogP contribution in [-0.4, -0.2) is 34.6 Å². The Kier molecular flexibility index (Phi) is 4.59. The lowest BCUT2D eigenvalue weighted by Crippen LogP contribution is -2.46. The molecule has 1 spiro atoms. The van der Waals surface area contributed by atoms with Gasteiger partial charge in [0.1, 0.15) is 17.0 Å². The molecular weight excluding hydrogens is 346 g/mol. The first-order valence-corrected chi connectivity index (χ1v) is 9.35. The molecule has 7 heteroatoms. The second-order valence-corrected chi connectivity index (χ2v) is 7.22. The lowest BCUT2D eigenvalue weighted by atomic mass is 9.90. The maximum absolute atomic E-state index is 13.0. The molecule has 0 atom stereocenters. The predicted octanol–water partition coefficient (Wildman–Crippen LogP) is 3.50. The van der Waals surface area contributed by atoms with E-state index in [4.69, 9.17) is 9.26 Å². The first-order valence-electron chi connectivity index (χ1n) is 9.35. The molecule has 1 aromatic heterocycles. The lowest BCUT2D eigenvalue weighted by Gasteiger charge is -2.24. The molecule has 1 saturated carbocycles. The van der Waals surface area contributed by atoms with Crippen molar-refractivity contribution in [3.8, 4) is 17.0 Å². The molecule has 0 unspecified atom stereocenters. The number of ether oxygens (including phenoxy) is 1. The number of imide groups is 1. The normalized spacial score (nSPS) is 19.2. The fourth-order valence-electron chi connectivity index (χ4n) is 3.93. The fourth-order valence-corrected chi connectivity index (χ4v) is 3.93. The average Bonchev–Trinajstić information content (AvgIpc) is 3.14. The molecule has 1 aromatic carbocycles. The molecule has 1 N–H and O–H groups in total. The highest BCUT2D eigenvalue weighted by Gasteiger charge is 2.50. The third-order valence-electron chi connectivity index (χ3n) is 5.46. The van der Waals surface area contributed by atoms with Crippen LogP contribution in [0.4, 0.5) is 4.79 Å². The van der Waals surface area contributed by atoms with E-state index in [0.29, 0.717) is 24.3 Å². The second kappa shape index (κ2) is 7.06. The zero-order valence-electron chi connectivity index (χ0n) is 15.4. The zero-order chi connectivity index (χ0) is 18.9. The summed E-state index contributed by atoms with van der Waals surface area (Å²) in [4.78, 5) is 26.7. The molecule has 1 aliphatic heterocycles. The number of benzene rings is 1. The van der Waals surface area contributed by atoms with Crippen molar-refractivity contribution in [1.82, 2.24) is 15.4 Å². The molecule has 7 nitrogen and oxygen atoms in total. The zero-order valence-corrected chi connectivity index (χ0v) is 15.4. The van der Waals surface area contributed by atoms with Crippen LogP contribution in [0.1, 0.15) is 44.3 Å². The van der Waals surface area contributed by atoms with E-state index < -0.39 is 5.54 Å². The minimum atomic E-state index is -0.730. The summed E-state index contributed by atoms with van der Waals surface area (Å²) in [5.74, 6) is 1.10. The quantitative estimate of drug-likeness (QED) is 0.834. The fraction of sp³-hybridized carbons (Fsp3) is 0.450. The van der Waals surface area contributed by atoms with Gasteiger partial charge < -0.3 is 14.6 Å². The molecule has 2 aromatic rings. The number of amides is 3. The van der Waals surface area contributed by atoms with E-state index in [2.05, 4.69) is 10.5 Å². The van der Waals surface area contributed by atoms with Crippen LogP contribution in [0.3, 0.4) is 0 Å². The number of hydrogen-bond acceptors (Lipinski definition) is 5. The Morgan fingerprint density at radius 1 is 1.15 bits per heavy atom. The molecule has 1 saturated heterocycles. The summed E-state index contributed by atoms with van der Waals surface area (Å²) in [6, 6.07) is 8.88. The van der Waals surface area contributed by atoms with Crippen LogP contribution in [0.25, 0.3) is 11.3 Å². The van der Waals surface area contributed by atoms with Gasteiger partial charge in [-0.1, -0.05) is 30.8 Å². The molecule has 142 valence electrons. The monoisotopic (exact) mass is 369 g/mol. The van der Waals surface area contributed by atoms with Crippen molar-refractivity contribution < 1.29 is 18.8 Å². The van der Waals surface area contributed by atoms with E-state index in [9.17, 15) is 9.59 Å². The smallest absolute Gasteiger partial charge is 0.325 e. The van der Waals surface area contributed by atoms with Crippen LogP contribution in [-0.2, 0) is 11.3 Å². The Morgan fingerprint density at radius 2 is 1.85 bits per heavy atom. The molecular formula is C20H23N3O4. The summed E-state index contributed by atoms with van der Waals surface area (Å²) < 4.78 is 10.5. The number of hydrogen-bond donors (Lipinski definition) is 1. The summed E-state index contributed by atoms with van der Waals surface area (Å²) >= 11 is 0. The van der Waals surface area contributed by atoms with Crippen LogP contribution < -0.4 is 10.1 Å². The number of aromatic nitrogens is 1. The van der Waals surface area contributed by atoms with Gasteiger partial charge in [-0.2, -0.15) is 0 Å². The number of rotatable bonds is 4. The van der Waals surface area contributed by atoms with E-state index in [-0.39, 0.29) is 18.5 Å². The van der Waals surface area contributed by atoms with Gasteiger partial charge in [0.15, 0.2) is 5.76 Å². The van der Waals surface area contributed by atoms with E-state index in [0.717, 1.165) is 37.0 Å². The van der Waals surface area contributed by atoms with E-state index in [1.807, 2.05) is 24.3 Å². The Labute approximate surface area is 157 Å². The second-order valence-electron chi connectivity index (χ2n) is 7.22. The van der Waals surface area contributed by atoms with Crippen molar-refractivity contribution in [3.63, 3.8) is 0 Å². The van der Waals surface area contributed by atoms with Crippen molar-refractivity contribution >= 4 is 11.9 Å². The van der Waals surface area contributed by atoms with E-state index in [1.165, 1.54) is 4.90 Å². The van der Waals surface area contributed by atoms with Gasteiger partial charge in [-0.25, -0.2) is 4.79 Å². The Bertz CT molecular complexity index is 835. The third-order valence-corrected chi connectivity index (χ3v) is 5.46. The van der Waals surface area contributed by atoms with Crippen LogP contribution in [0.5, 0.6) is 5.75 Å². The van der Waals surface area contributed by atoms with Crippen LogP contribution in [0.2, 0.25) is 0 Å². The van der Waals surface area contributed by atoms with Gasteiger partial charge >= 0.3 is 6.03 Å². The van der Waals surface area contributed by atoms with Crippen LogP contribution in [0, 0.1) is 0 Å². The highest BCUT2D eigenvalue weighted by atomic mass is 16.5. The van der Waals surface area contributed by atoms with Crippen LogP contribution >= 0.6 is 0 Å². The number of nitrogens with one attached hydrogen (secondary N) is 1. The van der Waals surface area contributed by atoms with Crippen molar-refractivity contribution in [2.75, 3.05) is 7.11 Å². The number of methoxy groups -OCH3 is 1. The summed E-state index contributed by atoms with van der Waals surface area (Å²) in [5.41, 5.74) is 0.805. The van der Waals surface area contributed by atoms with Crippen molar-refractivity contribution in [1.29, 1.82) is 0 Å². The van der Waals surface area contributed by atoms with Crippen molar-refractivity contribution in [2.24, 2.45) is 0 Å². The predicted molar refractivity (Wildman–Crippen MR) is 98.0 cm³/mol. The molecule has 2 fully saturated rings. The van der Waals surface area contributed by atoms with Crippen molar-refractivity contribution in [2.45, 2.75) is 50.6 Å². The largest absolute Gasteiger partial charge is 0.497 e. The van der Waals surface area contributed by atoms with Gasteiger partial charge in [-0.15, -0.1) is 0 Å². The number of urea groups is 1. The molecule has 2 heterocycles. The maximum atomic E-state index is 13.0. The Balaban J connectivity index is 1.50. The summed E-state index contributed by atoms with van der Waals surface area (Å²) in [5, 5.41) is 7.01. The highest BCUT2D eigenvalue weighted by molar-refractivity contribution is 6.06. The first-order chi connectivity index (χ1) is 13.1. The van der Waals surface area contributed by atoms with E-state index in [1.54, 1.807) is 13.2 Å². The van der Waals surface area contributed by atoms with Gasteiger partial charge in [0.2, 0.25) is 0 Å². The Morgan fingerprint density at radius 3 is 2.52 bits per heavy atom.